The number of hydrogen-bond acceptors (Lipinski definition) is 6. The summed E-state index contributed by atoms with van der Waals surface area (Å²) in [5.41, 5.74) is 3.63. The number of rotatable bonds is 5. The molecule has 2 aromatic heterocycles. The summed E-state index contributed by atoms with van der Waals surface area (Å²) in [4.78, 5) is 4.56. The highest BCUT2D eigenvalue weighted by atomic mass is 16.5. The van der Waals surface area contributed by atoms with Crippen molar-refractivity contribution in [1.29, 1.82) is 0 Å². The standard InChI is InChI=1S/C22H23N5O2/c1-14(2)28-18-10-7-15(8-11-18)21-23-22(29-25-21)16-9-12-20-19(13-16)24-26-27(20)17-5-3-4-6-17/h7-14,17H,3-6H2,1-2H3. The molecule has 0 unspecified atom stereocenters. The van der Waals surface area contributed by atoms with Gasteiger partial charge in [-0.1, -0.05) is 23.2 Å². The van der Waals surface area contributed by atoms with Crippen molar-refractivity contribution in [2.24, 2.45) is 0 Å². The molecule has 0 spiro atoms. The first kappa shape index (κ1) is 17.8. The average Bonchev–Trinajstić information content (AvgIpc) is 3.47. The Morgan fingerprint density at radius 1 is 1.03 bits per heavy atom. The lowest BCUT2D eigenvalue weighted by molar-refractivity contribution is 0.242. The molecule has 0 N–H and O–H groups in total. The van der Waals surface area contributed by atoms with Gasteiger partial charge >= 0.3 is 0 Å². The van der Waals surface area contributed by atoms with E-state index < -0.39 is 0 Å². The summed E-state index contributed by atoms with van der Waals surface area (Å²) in [6.45, 7) is 4.01. The van der Waals surface area contributed by atoms with Crippen molar-refractivity contribution < 1.29 is 9.26 Å². The summed E-state index contributed by atoms with van der Waals surface area (Å²) in [6, 6.07) is 14.2. The first-order chi connectivity index (χ1) is 14.2. The summed E-state index contributed by atoms with van der Waals surface area (Å²) >= 11 is 0. The van der Waals surface area contributed by atoms with Gasteiger partial charge in [-0.2, -0.15) is 4.98 Å². The highest BCUT2D eigenvalue weighted by Gasteiger charge is 2.21. The molecule has 7 nitrogen and oxygen atoms in total. The fraction of sp³-hybridized carbons (Fsp3) is 0.364. The van der Waals surface area contributed by atoms with Crippen LogP contribution in [0.3, 0.4) is 0 Å². The summed E-state index contributed by atoms with van der Waals surface area (Å²) in [5, 5.41) is 12.9. The van der Waals surface area contributed by atoms with Crippen molar-refractivity contribution in [2.45, 2.75) is 51.7 Å². The van der Waals surface area contributed by atoms with E-state index in [1.807, 2.05) is 56.3 Å². The van der Waals surface area contributed by atoms with Crippen LogP contribution in [0.25, 0.3) is 33.9 Å². The maximum absolute atomic E-state index is 5.68. The summed E-state index contributed by atoms with van der Waals surface area (Å²) in [7, 11) is 0. The predicted molar refractivity (Wildman–Crippen MR) is 110 cm³/mol. The Kier molecular flexibility index (Phi) is 4.50. The molecule has 5 rings (SSSR count). The Morgan fingerprint density at radius 3 is 2.55 bits per heavy atom. The number of ether oxygens (including phenoxy) is 1. The van der Waals surface area contributed by atoms with Crippen molar-refractivity contribution in [3.05, 3.63) is 42.5 Å². The van der Waals surface area contributed by atoms with Gasteiger partial charge in [0.25, 0.3) is 5.89 Å². The van der Waals surface area contributed by atoms with E-state index in [0.717, 1.165) is 27.9 Å². The summed E-state index contributed by atoms with van der Waals surface area (Å²) in [6.07, 6.45) is 5.01. The minimum atomic E-state index is 0.138. The Labute approximate surface area is 168 Å². The molecule has 1 fully saturated rings. The van der Waals surface area contributed by atoms with Crippen molar-refractivity contribution in [3.8, 4) is 28.6 Å². The monoisotopic (exact) mass is 389 g/mol. The SMILES string of the molecule is CC(C)Oc1ccc(-c2noc(-c3ccc4c(c3)nnn4C3CCCC3)n2)cc1. The van der Waals surface area contributed by atoms with Crippen molar-refractivity contribution in [3.63, 3.8) is 0 Å². The van der Waals surface area contributed by atoms with Crippen LogP contribution < -0.4 is 4.74 Å². The molecule has 0 amide bonds. The average molecular weight is 389 g/mol. The molecule has 0 aliphatic heterocycles. The van der Waals surface area contributed by atoms with Crippen LogP contribution in [-0.2, 0) is 0 Å². The molecule has 29 heavy (non-hydrogen) atoms. The molecule has 0 saturated heterocycles. The van der Waals surface area contributed by atoms with Crippen LogP contribution in [-0.4, -0.2) is 31.2 Å². The Morgan fingerprint density at radius 2 is 1.79 bits per heavy atom. The lowest BCUT2D eigenvalue weighted by atomic mass is 10.1. The van der Waals surface area contributed by atoms with Crippen LogP contribution in [0.15, 0.2) is 47.0 Å². The molecule has 0 atom stereocenters. The highest BCUT2D eigenvalue weighted by molar-refractivity contribution is 5.80. The van der Waals surface area contributed by atoms with Gasteiger partial charge in [0, 0.05) is 11.1 Å². The lowest BCUT2D eigenvalue weighted by Crippen LogP contribution is -2.06. The highest BCUT2D eigenvalue weighted by Crippen LogP contribution is 2.32. The molecule has 1 aliphatic carbocycles. The van der Waals surface area contributed by atoms with Gasteiger partial charge in [-0.15, -0.1) is 5.10 Å². The fourth-order valence-electron chi connectivity index (χ4n) is 3.91. The normalized spacial score (nSPS) is 14.9. The van der Waals surface area contributed by atoms with Crippen LogP contribution in [0, 0.1) is 0 Å². The topological polar surface area (TPSA) is 78.9 Å². The van der Waals surface area contributed by atoms with E-state index in [1.165, 1.54) is 25.7 Å². The zero-order chi connectivity index (χ0) is 19.8. The van der Waals surface area contributed by atoms with Crippen LogP contribution >= 0.6 is 0 Å². The quantitative estimate of drug-likeness (QED) is 0.475. The lowest BCUT2D eigenvalue weighted by Gasteiger charge is -2.09. The van der Waals surface area contributed by atoms with Crippen LogP contribution in [0.1, 0.15) is 45.6 Å². The van der Waals surface area contributed by atoms with E-state index in [9.17, 15) is 0 Å². The smallest absolute Gasteiger partial charge is 0.258 e. The van der Waals surface area contributed by atoms with Gasteiger partial charge in [0.05, 0.1) is 17.7 Å². The Hall–Kier alpha value is -3.22. The van der Waals surface area contributed by atoms with E-state index in [2.05, 4.69) is 25.1 Å². The molecule has 2 aromatic carbocycles. The Balaban J connectivity index is 1.40. The van der Waals surface area contributed by atoms with Crippen LogP contribution in [0.4, 0.5) is 0 Å². The van der Waals surface area contributed by atoms with E-state index >= 15 is 0 Å². The molecule has 1 saturated carbocycles. The molecule has 7 heteroatoms. The molecule has 4 aromatic rings. The van der Waals surface area contributed by atoms with Gasteiger partial charge in [0.1, 0.15) is 11.3 Å². The van der Waals surface area contributed by atoms with Crippen LogP contribution in [0.2, 0.25) is 0 Å². The first-order valence-electron chi connectivity index (χ1n) is 10.1. The van der Waals surface area contributed by atoms with Gasteiger partial charge in [0.2, 0.25) is 5.82 Å². The third kappa shape index (κ3) is 3.48. The summed E-state index contributed by atoms with van der Waals surface area (Å²) < 4.78 is 13.2. The number of aromatic nitrogens is 5. The third-order valence-corrected chi connectivity index (χ3v) is 5.30. The number of hydrogen-bond donors (Lipinski definition) is 0. The first-order valence-corrected chi connectivity index (χ1v) is 10.1. The van der Waals surface area contributed by atoms with Gasteiger partial charge in [-0.05, 0) is 69.2 Å². The minimum absolute atomic E-state index is 0.138. The third-order valence-electron chi connectivity index (χ3n) is 5.30. The molecular weight excluding hydrogens is 366 g/mol. The second-order valence-corrected chi connectivity index (χ2v) is 7.79. The number of nitrogens with zero attached hydrogens (tertiary/aromatic N) is 5. The molecule has 0 radical (unpaired) electrons. The second-order valence-electron chi connectivity index (χ2n) is 7.79. The maximum Gasteiger partial charge on any atom is 0.258 e. The van der Waals surface area contributed by atoms with Gasteiger partial charge < -0.3 is 9.26 Å². The summed E-state index contributed by atoms with van der Waals surface area (Å²) in [5.74, 6) is 1.84. The molecule has 2 heterocycles. The van der Waals surface area contributed by atoms with Gasteiger partial charge in [0.15, 0.2) is 0 Å². The largest absolute Gasteiger partial charge is 0.491 e. The van der Waals surface area contributed by atoms with Crippen molar-refractivity contribution in [2.75, 3.05) is 0 Å². The number of fused-ring (bicyclic) bond motifs is 1. The molecule has 0 bridgehead atoms. The number of benzene rings is 2. The fourth-order valence-corrected chi connectivity index (χ4v) is 3.91. The van der Waals surface area contributed by atoms with E-state index in [4.69, 9.17) is 9.26 Å². The molecule has 1 aliphatic rings. The van der Waals surface area contributed by atoms with E-state index in [1.54, 1.807) is 0 Å². The van der Waals surface area contributed by atoms with E-state index in [0.29, 0.717) is 17.8 Å². The van der Waals surface area contributed by atoms with Gasteiger partial charge in [-0.25, -0.2) is 4.68 Å². The van der Waals surface area contributed by atoms with Gasteiger partial charge in [-0.3, -0.25) is 0 Å². The maximum atomic E-state index is 5.68. The second kappa shape index (κ2) is 7.31. The molecular formula is C22H23N5O2. The molecule has 148 valence electrons. The minimum Gasteiger partial charge on any atom is -0.491 e. The zero-order valence-electron chi connectivity index (χ0n) is 16.6. The zero-order valence-corrected chi connectivity index (χ0v) is 16.6. The predicted octanol–water partition coefficient (Wildman–Crippen LogP) is 5.05. The van der Waals surface area contributed by atoms with Crippen molar-refractivity contribution >= 4 is 11.0 Å². The van der Waals surface area contributed by atoms with E-state index in [-0.39, 0.29) is 6.10 Å². The van der Waals surface area contributed by atoms with Crippen LogP contribution in [0.5, 0.6) is 5.75 Å². The Bertz CT molecular complexity index is 1120. The van der Waals surface area contributed by atoms with Crippen molar-refractivity contribution in [1.82, 2.24) is 25.1 Å².